The summed E-state index contributed by atoms with van der Waals surface area (Å²) in [4.78, 5) is 10.1. The van der Waals surface area contributed by atoms with E-state index in [-0.39, 0.29) is 35.6 Å². The largest absolute Gasteiger partial charge is 0.486 e. The topological polar surface area (TPSA) is 52.4 Å². The number of thioether (sulfide) groups is 1. The summed E-state index contributed by atoms with van der Waals surface area (Å²) in [6.45, 7) is -0.253. The molecule has 0 fully saturated rings. The highest BCUT2D eigenvalue weighted by molar-refractivity contribution is 9.08. The van der Waals surface area contributed by atoms with Crippen molar-refractivity contribution in [1.82, 2.24) is 0 Å². The third-order valence-corrected chi connectivity index (χ3v) is 3.33. The molecule has 0 bridgehead atoms. The number of hydrogen-bond donors (Lipinski definition) is 0. The summed E-state index contributed by atoms with van der Waals surface area (Å²) < 4.78 is 40.8. The van der Waals surface area contributed by atoms with Crippen LogP contribution in [0.5, 0.6) is 5.75 Å². The Morgan fingerprint density at radius 1 is 1.42 bits per heavy atom. The maximum atomic E-state index is 11.9. The summed E-state index contributed by atoms with van der Waals surface area (Å²) in [6.07, 6.45) is 0. The normalized spacial score (nSPS) is 11.4. The van der Waals surface area contributed by atoms with Crippen LogP contribution in [0.25, 0.3) is 0 Å². The molecule has 0 radical (unpaired) electrons. The van der Waals surface area contributed by atoms with Gasteiger partial charge in [-0.2, -0.15) is 13.2 Å². The maximum Gasteiger partial charge on any atom is 0.441 e. The maximum absolute atomic E-state index is 11.9. The molecule has 0 aliphatic rings. The van der Waals surface area contributed by atoms with E-state index in [1.807, 2.05) is 0 Å². The lowest BCUT2D eigenvalue weighted by Gasteiger charge is -2.09. The first kappa shape index (κ1) is 16.1. The van der Waals surface area contributed by atoms with Crippen molar-refractivity contribution in [2.75, 3.05) is 12.4 Å². The van der Waals surface area contributed by atoms with Crippen molar-refractivity contribution in [3.05, 3.63) is 33.9 Å². The zero-order valence-corrected chi connectivity index (χ0v) is 11.8. The number of rotatable bonds is 6. The number of nitro groups is 1. The van der Waals surface area contributed by atoms with Crippen LogP contribution in [0.3, 0.4) is 0 Å². The lowest BCUT2D eigenvalue weighted by Crippen LogP contribution is -2.08. The van der Waals surface area contributed by atoms with Crippen molar-refractivity contribution in [3.63, 3.8) is 0 Å². The lowest BCUT2D eigenvalue weighted by atomic mass is 10.2. The summed E-state index contributed by atoms with van der Waals surface area (Å²) in [5.41, 5.74) is -3.85. The third-order valence-electron chi connectivity index (χ3n) is 1.98. The fourth-order valence-corrected chi connectivity index (χ4v) is 1.96. The molecule has 9 heteroatoms. The number of benzene rings is 1. The minimum atomic E-state index is -4.33. The van der Waals surface area contributed by atoms with Crippen LogP contribution >= 0.6 is 27.7 Å². The minimum absolute atomic E-state index is 0.0234. The predicted octanol–water partition coefficient (Wildman–Crippen LogP) is 4.12. The average molecular weight is 360 g/mol. The Hall–Kier alpha value is -0.960. The van der Waals surface area contributed by atoms with Crippen LogP contribution in [0, 0.1) is 10.1 Å². The Bertz CT molecular complexity index is 456. The third kappa shape index (κ3) is 5.68. The molecule has 0 aliphatic heterocycles. The van der Waals surface area contributed by atoms with Gasteiger partial charge < -0.3 is 4.74 Å². The lowest BCUT2D eigenvalue weighted by molar-refractivity contribution is -0.385. The van der Waals surface area contributed by atoms with Crippen LogP contribution in [0.2, 0.25) is 0 Å². The van der Waals surface area contributed by atoms with Gasteiger partial charge in [0.15, 0.2) is 5.75 Å². The van der Waals surface area contributed by atoms with Crippen molar-refractivity contribution < 1.29 is 22.8 Å². The SMILES string of the molecule is O=[N+]([O-])c1ccc(CBr)cc1OCCSC(F)(F)F. The molecule has 0 atom stereocenters. The second kappa shape index (κ2) is 6.99. The highest BCUT2D eigenvalue weighted by atomic mass is 79.9. The first-order valence-corrected chi connectivity index (χ1v) is 7.11. The van der Waals surface area contributed by atoms with Gasteiger partial charge in [-0.1, -0.05) is 22.0 Å². The highest BCUT2D eigenvalue weighted by Crippen LogP contribution is 2.31. The average Bonchev–Trinajstić information content (AvgIpc) is 2.33. The second-order valence-electron chi connectivity index (χ2n) is 3.34. The van der Waals surface area contributed by atoms with E-state index in [1.165, 1.54) is 12.1 Å². The van der Waals surface area contributed by atoms with Crippen molar-refractivity contribution in [3.8, 4) is 5.75 Å². The molecular weight excluding hydrogens is 351 g/mol. The first-order valence-electron chi connectivity index (χ1n) is 5.00. The van der Waals surface area contributed by atoms with Gasteiger partial charge in [-0.15, -0.1) is 0 Å². The van der Waals surface area contributed by atoms with Crippen molar-refractivity contribution in [1.29, 1.82) is 0 Å². The molecule has 0 saturated heterocycles. The summed E-state index contributed by atoms with van der Waals surface area (Å²) in [7, 11) is 0. The number of ether oxygens (including phenoxy) is 1. The van der Waals surface area contributed by atoms with E-state index >= 15 is 0 Å². The summed E-state index contributed by atoms with van der Waals surface area (Å²) in [5.74, 6) is -0.344. The Kier molecular flexibility index (Phi) is 5.92. The highest BCUT2D eigenvalue weighted by Gasteiger charge is 2.27. The van der Waals surface area contributed by atoms with Gasteiger partial charge in [0, 0.05) is 17.1 Å². The molecule has 1 aromatic carbocycles. The van der Waals surface area contributed by atoms with Gasteiger partial charge >= 0.3 is 11.2 Å². The van der Waals surface area contributed by atoms with Gasteiger partial charge in [0.2, 0.25) is 0 Å². The molecule has 0 N–H and O–H groups in total. The van der Waals surface area contributed by atoms with Crippen LogP contribution < -0.4 is 4.74 Å². The summed E-state index contributed by atoms with van der Waals surface area (Å²) in [6, 6.07) is 4.25. The van der Waals surface area contributed by atoms with Crippen LogP contribution in [-0.2, 0) is 5.33 Å². The van der Waals surface area contributed by atoms with E-state index in [4.69, 9.17) is 4.74 Å². The van der Waals surface area contributed by atoms with Gasteiger partial charge in [0.1, 0.15) is 0 Å². The van der Waals surface area contributed by atoms with Crippen molar-refractivity contribution in [2.24, 2.45) is 0 Å². The van der Waals surface area contributed by atoms with E-state index in [0.29, 0.717) is 5.33 Å². The van der Waals surface area contributed by atoms with E-state index in [9.17, 15) is 23.3 Å². The second-order valence-corrected chi connectivity index (χ2v) is 5.06. The molecule has 19 heavy (non-hydrogen) atoms. The molecule has 4 nitrogen and oxygen atoms in total. The van der Waals surface area contributed by atoms with Gasteiger partial charge in [0.25, 0.3) is 0 Å². The Balaban J connectivity index is 2.67. The molecule has 0 amide bonds. The van der Waals surface area contributed by atoms with Gasteiger partial charge in [-0.25, -0.2) is 0 Å². The number of nitrogens with zero attached hydrogens (tertiary/aromatic N) is 1. The Morgan fingerprint density at radius 2 is 2.11 bits per heavy atom. The molecule has 0 unspecified atom stereocenters. The molecule has 0 aliphatic carbocycles. The fraction of sp³-hybridized carbons (Fsp3) is 0.400. The fourth-order valence-electron chi connectivity index (χ4n) is 1.22. The van der Waals surface area contributed by atoms with Crippen molar-refractivity contribution in [2.45, 2.75) is 10.8 Å². The van der Waals surface area contributed by atoms with E-state index in [2.05, 4.69) is 15.9 Å². The standard InChI is InChI=1S/C10H9BrF3NO3S/c11-6-7-1-2-8(15(16)17)9(5-7)18-3-4-19-10(12,13)14/h1-2,5H,3-4,6H2. The first-order chi connectivity index (χ1) is 8.83. The monoisotopic (exact) mass is 359 g/mol. The summed E-state index contributed by atoms with van der Waals surface area (Å²) in [5, 5.41) is 11.2. The summed E-state index contributed by atoms with van der Waals surface area (Å²) >= 11 is 2.96. The molecular formula is C10H9BrF3NO3S. The van der Waals surface area contributed by atoms with E-state index in [0.717, 1.165) is 5.56 Å². The zero-order chi connectivity index (χ0) is 14.5. The minimum Gasteiger partial charge on any atom is -0.486 e. The number of alkyl halides is 4. The molecule has 0 heterocycles. The molecule has 106 valence electrons. The van der Waals surface area contributed by atoms with E-state index < -0.39 is 10.4 Å². The molecule has 1 aromatic rings. The van der Waals surface area contributed by atoms with E-state index in [1.54, 1.807) is 6.07 Å². The quantitative estimate of drug-likeness (QED) is 0.331. The molecule has 1 rings (SSSR count). The Morgan fingerprint density at radius 3 is 2.63 bits per heavy atom. The zero-order valence-electron chi connectivity index (χ0n) is 9.45. The predicted molar refractivity (Wildman–Crippen MR) is 69.7 cm³/mol. The van der Waals surface area contributed by atoms with Crippen LogP contribution in [-0.4, -0.2) is 22.8 Å². The number of halogens is 4. The Labute approximate surface area is 119 Å². The molecule has 0 spiro atoms. The van der Waals surface area contributed by atoms with Gasteiger partial charge in [-0.05, 0) is 23.4 Å². The smallest absolute Gasteiger partial charge is 0.441 e. The van der Waals surface area contributed by atoms with Crippen LogP contribution in [0.1, 0.15) is 5.56 Å². The van der Waals surface area contributed by atoms with Crippen LogP contribution in [0.4, 0.5) is 18.9 Å². The number of nitro benzene ring substituents is 1. The van der Waals surface area contributed by atoms with Crippen molar-refractivity contribution >= 4 is 33.4 Å². The molecule has 0 saturated carbocycles. The van der Waals surface area contributed by atoms with Crippen LogP contribution in [0.15, 0.2) is 18.2 Å². The number of hydrogen-bond acceptors (Lipinski definition) is 4. The van der Waals surface area contributed by atoms with Gasteiger partial charge in [0.05, 0.1) is 11.5 Å². The van der Waals surface area contributed by atoms with Gasteiger partial charge in [-0.3, -0.25) is 10.1 Å². The molecule has 0 aromatic heterocycles.